The van der Waals surface area contributed by atoms with Gasteiger partial charge >= 0.3 is 0 Å². The minimum Gasteiger partial charge on any atom is -0.497 e. The maximum Gasteiger partial charge on any atom is 0.262 e. The number of nitrogens with zero attached hydrogens (tertiary/aromatic N) is 1. The number of para-hydroxylation sites is 2. The molecule has 1 heterocycles. The van der Waals surface area contributed by atoms with E-state index in [1.807, 2.05) is 42.5 Å². The lowest BCUT2D eigenvalue weighted by atomic mass is 10.1. The Hall–Kier alpha value is -3.02. The zero-order chi connectivity index (χ0) is 17.8. The fraction of sp³-hybridized carbons (Fsp3) is 0.263. The molecule has 25 heavy (non-hydrogen) atoms. The van der Waals surface area contributed by atoms with Gasteiger partial charge in [-0.2, -0.15) is 0 Å². The summed E-state index contributed by atoms with van der Waals surface area (Å²) in [7, 11) is 3.14. The molecule has 0 radical (unpaired) electrons. The number of benzene rings is 2. The summed E-state index contributed by atoms with van der Waals surface area (Å²) in [6.45, 7) is 0.180. The lowest BCUT2D eigenvalue weighted by molar-refractivity contribution is -0.127. The highest BCUT2D eigenvalue weighted by atomic mass is 16.5. The van der Waals surface area contributed by atoms with Crippen LogP contribution in [0.15, 0.2) is 48.5 Å². The molecular weight excluding hydrogens is 320 g/mol. The van der Waals surface area contributed by atoms with Crippen LogP contribution in [0.3, 0.4) is 0 Å². The Morgan fingerprint density at radius 2 is 2.04 bits per heavy atom. The van der Waals surface area contributed by atoms with Crippen LogP contribution in [-0.2, 0) is 16.0 Å². The maximum atomic E-state index is 12.9. The van der Waals surface area contributed by atoms with Crippen molar-refractivity contribution in [2.75, 3.05) is 25.6 Å². The predicted octanol–water partition coefficient (Wildman–Crippen LogP) is 1.78. The number of carbonyl (C=O) groups is 2. The summed E-state index contributed by atoms with van der Waals surface area (Å²) in [4.78, 5) is 26.5. The maximum absolute atomic E-state index is 12.9. The molecule has 0 spiro atoms. The molecule has 0 saturated carbocycles. The average molecular weight is 340 g/mol. The summed E-state index contributed by atoms with van der Waals surface area (Å²) in [6, 6.07) is 14.6. The number of hydrogen-bond acceptors (Lipinski definition) is 4. The number of carbonyl (C=O) groups excluding carboxylic acids is 2. The van der Waals surface area contributed by atoms with Crippen LogP contribution in [0.5, 0.6) is 11.5 Å². The molecule has 0 aliphatic carbocycles. The molecule has 1 N–H and O–H groups in total. The summed E-state index contributed by atoms with van der Waals surface area (Å²) >= 11 is 0. The molecule has 0 saturated heterocycles. The molecular formula is C19H20N2O4. The van der Waals surface area contributed by atoms with E-state index in [0.717, 1.165) is 5.56 Å². The van der Waals surface area contributed by atoms with Crippen molar-refractivity contribution < 1.29 is 19.1 Å². The van der Waals surface area contributed by atoms with Gasteiger partial charge in [-0.1, -0.05) is 24.3 Å². The first kappa shape index (κ1) is 16.8. The highest BCUT2D eigenvalue weighted by molar-refractivity contribution is 5.98. The molecule has 0 aromatic heterocycles. The number of fused-ring (bicyclic) bond motifs is 1. The second kappa shape index (κ2) is 7.25. The van der Waals surface area contributed by atoms with Gasteiger partial charge in [0.25, 0.3) is 5.91 Å². The van der Waals surface area contributed by atoms with Crippen molar-refractivity contribution in [2.24, 2.45) is 0 Å². The number of methoxy groups -OCH3 is 1. The summed E-state index contributed by atoms with van der Waals surface area (Å²) in [5.41, 5.74) is 1.53. The predicted molar refractivity (Wildman–Crippen MR) is 94.0 cm³/mol. The van der Waals surface area contributed by atoms with E-state index in [1.54, 1.807) is 25.1 Å². The van der Waals surface area contributed by atoms with Gasteiger partial charge in [-0.15, -0.1) is 0 Å². The monoisotopic (exact) mass is 340 g/mol. The van der Waals surface area contributed by atoms with E-state index in [0.29, 0.717) is 17.2 Å². The SMILES string of the molecule is CNC(=O)[C@H]1CN(C(=O)Cc2cccc(OC)c2)c2ccccc2O1. The lowest BCUT2D eigenvalue weighted by Crippen LogP contribution is -2.50. The molecule has 2 aromatic carbocycles. The number of anilines is 1. The number of likely N-dealkylation sites (N-methyl/N-ethyl adjacent to an activating group) is 1. The smallest absolute Gasteiger partial charge is 0.262 e. The molecule has 2 amide bonds. The van der Waals surface area contributed by atoms with Gasteiger partial charge in [0.2, 0.25) is 5.91 Å². The molecule has 1 aliphatic rings. The highest BCUT2D eigenvalue weighted by Crippen LogP contribution is 2.33. The van der Waals surface area contributed by atoms with Gasteiger partial charge < -0.3 is 19.7 Å². The van der Waals surface area contributed by atoms with Crippen LogP contribution < -0.4 is 19.7 Å². The summed E-state index contributed by atoms with van der Waals surface area (Å²) < 4.78 is 10.9. The second-order valence-electron chi connectivity index (χ2n) is 5.72. The first-order valence-electron chi connectivity index (χ1n) is 8.03. The van der Waals surface area contributed by atoms with Gasteiger partial charge in [-0.3, -0.25) is 9.59 Å². The Bertz CT molecular complexity index is 790. The molecule has 0 fully saturated rings. The standard InChI is InChI=1S/C19H20N2O4/c1-20-19(23)17-12-21(15-8-3-4-9-16(15)25-17)18(22)11-13-6-5-7-14(10-13)24-2/h3-10,17H,11-12H2,1-2H3,(H,20,23)/t17-/m1/s1. The van der Waals surface area contributed by atoms with Crippen molar-refractivity contribution in [2.45, 2.75) is 12.5 Å². The third-order valence-electron chi connectivity index (χ3n) is 4.10. The summed E-state index contributed by atoms with van der Waals surface area (Å²) in [5.74, 6) is 0.879. The van der Waals surface area contributed by atoms with Crippen molar-refractivity contribution in [3.05, 3.63) is 54.1 Å². The number of nitrogens with one attached hydrogen (secondary N) is 1. The fourth-order valence-electron chi connectivity index (χ4n) is 2.82. The van der Waals surface area contributed by atoms with Gasteiger partial charge in [-0.25, -0.2) is 0 Å². The lowest BCUT2D eigenvalue weighted by Gasteiger charge is -2.34. The van der Waals surface area contributed by atoms with Crippen LogP contribution in [0, 0.1) is 0 Å². The third kappa shape index (κ3) is 3.57. The van der Waals surface area contributed by atoms with E-state index < -0.39 is 6.10 Å². The first-order chi connectivity index (χ1) is 12.1. The Labute approximate surface area is 146 Å². The number of ether oxygens (including phenoxy) is 2. The van der Waals surface area contributed by atoms with E-state index >= 15 is 0 Å². The van der Waals surface area contributed by atoms with Crippen molar-refractivity contribution in [1.29, 1.82) is 0 Å². The van der Waals surface area contributed by atoms with Crippen molar-refractivity contribution in [3.8, 4) is 11.5 Å². The molecule has 130 valence electrons. The van der Waals surface area contributed by atoms with Crippen molar-refractivity contribution in [1.82, 2.24) is 5.32 Å². The molecule has 1 aliphatic heterocycles. The third-order valence-corrected chi connectivity index (χ3v) is 4.10. The van der Waals surface area contributed by atoms with Gasteiger partial charge in [-0.05, 0) is 29.8 Å². The Kier molecular flexibility index (Phi) is 4.88. The molecule has 0 unspecified atom stereocenters. The van der Waals surface area contributed by atoms with E-state index in [1.165, 1.54) is 0 Å². The van der Waals surface area contributed by atoms with E-state index in [4.69, 9.17) is 9.47 Å². The quantitative estimate of drug-likeness (QED) is 0.921. The molecule has 3 rings (SSSR count). The summed E-state index contributed by atoms with van der Waals surface area (Å²) in [6.07, 6.45) is -0.513. The van der Waals surface area contributed by atoms with Gasteiger partial charge in [0.05, 0.1) is 25.8 Å². The van der Waals surface area contributed by atoms with Crippen LogP contribution in [-0.4, -0.2) is 38.6 Å². The van der Waals surface area contributed by atoms with Gasteiger partial charge in [0.1, 0.15) is 11.5 Å². The second-order valence-corrected chi connectivity index (χ2v) is 5.72. The Balaban J connectivity index is 1.86. The first-order valence-corrected chi connectivity index (χ1v) is 8.03. The van der Waals surface area contributed by atoms with Gasteiger partial charge in [0, 0.05) is 7.05 Å². The van der Waals surface area contributed by atoms with E-state index in [2.05, 4.69) is 5.32 Å². The molecule has 2 aromatic rings. The Morgan fingerprint density at radius 1 is 1.24 bits per heavy atom. The van der Waals surface area contributed by atoms with E-state index in [-0.39, 0.29) is 24.8 Å². The fourth-order valence-corrected chi connectivity index (χ4v) is 2.82. The molecule has 0 bridgehead atoms. The van der Waals surface area contributed by atoms with Gasteiger partial charge in [0.15, 0.2) is 6.10 Å². The topological polar surface area (TPSA) is 67.9 Å². The Morgan fingerprint density at radius 3 is 2.80 bits per heavy atom. The van der Waals surface area contributed by atoms with Crippen LogP contribution in [0.2, 0.25) is 0 Å². The van der Waals surface area contributed by atoms with E-state index in [9.17, 15) is 9.59 Å². The molecule has 6 nitrogen and oxygen atoms in total. The minimum absolute atomic E-state index is 0.0992. The molecule has 1 atom stereocenters. The number of hydrogen-bond donors (Lipinski definition) is 1. The number of rotatable bonds is 4. The van der Waals surface area contributed by atoms with Crippen LogP contribution in [0.4, 0.5) is 5.69 Å². The normalized spacial score (nSPS) is 15.8. The largest absolute Gasteiger partial charge is 0.497 e. The highest BCUT2D eigenvalue weighted by Gasteiger charge is 2.33. The van der Waals surface area contributed by atoms with Crippen LogP contribution >= 0.6 is 0 Å². The van der Waals surface area contributed by atoms with Crippen molar-refractivity contribution in [3.63, 3.8) is 0 Å². The minimum atomic E-state index is -0.728. The van der Waals surface area contributed by atoms with Crippen LogP contribution in [0.1, 0.15) is 5.56 Å². The number of amides is 2. The zero-order valence-electron chi connectivity index (χ0n) is 14.2. The average Bonchev–Trinajstić information content (AvgIpc) is 2.66. The zero-order valence-corrected chi connectivity index (χ0v) is 14.2. The summed E-state index contributed by atoms with van der Waals surface area (Å²) in [5, 5.41) is 2.57. The van der Waals surface area contributed by atoms with Crippen molar-refractivity contribution >= 4 is 17.5 Å². The molecule has 6 heteroatoms. The van der Waals surface area contributed by atoms with Crippen LogP contribution in [0.25, 0.3) is 0 Å².